The van der Waals surface area contributed by atoms with Crippen molar-refractivity contribution in [2.24, 2.45) is 0 Å². The van der Waals surface area contributed by atoms with Crippen LogP contribution >= 0.6 is 27.7 Å². The fraction of sp³-hybridized carbons (Fsp3) is 0.150. The molecule has 0 atom stereocenters. The summed E-state index contributed by atoms with van der Waals surface area (Å²) >= 11 is 4.73. The van der Waals surface area contributed by atoms with Crippen molar-refractivity contribution < 1.29 is 9.53 Å². The second-order valence-electron chi connectivity index (χ2n) is 6.23. The van der Waals surface area contributed by atoms with Gasteiger partial charge in [0.25, 0.3) is 0 Å². The number of methoxy groups -OCH3 is 1. The van der Waals surface area contributed by atoms with Gasteiger partial charge < -0.3 is 10.1 Å². The summed E-state index contributed by atoms with van der Waals surface area (Å²) in [5.41, 5.74) is 3.57. The van der Waals surface area contributed by atoms with Crippen LogP contribution in [-0.2, 0) is 4.79 Å². The standard InChI is InChI=1S/C20H17BrN4O2S/c1-12-9-18-23-24-20(25(18)17-10-15(27-2)7-8-16(12)17)28-11-19(26)22-14-5-3-13(21)4-6-14/h3-10H,11H2,1-2H3,(H,22,26). The topological polar surface area (TPSA) is 68.5 Å². The number of hydrogen-bond acceptors (Lipinski definition) is 5. The molecule has 2 heterocycles. The summed E-state index contributed by atoms with van der Waals surface area (Å²) in [6.07, 6.45) is 0. The van der Waals surface area contributed by atoms with Gasteiger partial charge in [0.15, 0.2) is 10.8 Å². The van der Waals surface area contributed by atoms with E-state index in [0.29, 0.717) is 5.16 Å². The Kier molecular flexibility index (Phi) is 5.23. The summed E-state index contributed by atoms with van der Waals surface area (Å²) < 4.78 is 8.30. The highest BCUT2D eigenvalue weighted by molar-refractivity contribution is 9.10. The third kappa shape index (κ3) is 3.70. The van der Waals surface area contributed by atoms with Crippen molar-refractivity contribution in [1.82, 2.24) is 14.6 Å². The summed E-state index contributed by atoms with van der Waals surface area (Å²) in [5.74, 6) is 0.894. The van der Waals surface area contributed by atoms with Gasteiger partial charge in [0.2, 0.25) is 5.91 Å². The van der Waals surface area contributed by atoms with Crippen LogP contribution in [0.15, 0.2) is 58.2 Å². The van der Waals surface area contributed by atoms with E-state index in [1.54, 1.807) is 7.11 Å². The number of carbonyl (C=O) groups is 1. The number of nitrogens with one attached hydrogen (secondary N) is 1. The third-order valence-electron chi connectivity index (χ3n) is 4.33. The Morgan fingerprint density at radius 1 is 1.18 bits per heavy atom. The Morgan fingerprint density at radius 3 is 2.71 bits per heavy atom. The fourth-order valence-electron chi connectivity index (χ4n) is 2.98. The number of thioether (sulfide) groups is 1. The number of nitrogens with zero attached hydrogens (tertiary/aromatic N) is 3. The minimum absolute atomic E-state index is 0.0990. The predicted octanol–water partition coefficient (Wildman–Crippen LogP) is 4.69. The average Bonchev–Trinajstić information content (AvgIpc) is 3.11. The molecule has 0 radical (unpaired) electrons. The van der Waals surface area contributed by atoms with Gasteiger partial charge in [-0.05, 0) is 55.0 Å². The van der Waals surface area contributed by atoms with Crippen LogP contribution in [0.5, 0.6) is 5.75 Å². The van der Waals surface area contributed by atoms with E-state index in [2.05, 4.69) is 31.4 Å². The SMILES string of the molecule is COc1ccc2c(C)cc3nnc(SCC(=O)Nc4ccc(Br)cc4)n3c2c1. The van der Waals surface area contributed by atoms with Crippen molar-refractivity contribution in [3.05, 3.63) is 58.6 Å². The molecule has 8 heteroatoms. The van der Waals surface area contributed by atoms with Crippen LogP contribution < -0.4 is 10.1 Å². The van der Waals surface area contributed by atoms with E-state index < -0.39 is 0 Å². The molecule has 0 unspecified atom stereocenters. The lowest BCUT2D eigenvalue weighted by atomic mass is 10.1. The number of fused-ring (bicyclic) bond motifs is 3. The Hall–Kier alpha value is -2.58. The number of anilines is 1. The molecule has 6 nitrogen and oxygen atoms in total. The number of aromatic nitrogens is 3. The van der Waals surface area contributed by atoms with Gasteiger partial charge in [-0.2, -0.15) is 0 Å². The van der Waals surface area contributed by atoms with E-state index in [0.717, 1.165) is 38.0 Å². The van der Waals surface area contributed by atoms with Crippen LogP contribution in [0.2, 0.25) is 0 Å². The minimum atomic E-state index is -0.0990. The van der Waals surface area contributed by atoms with Gasteiger partial charge in [-0.3, -0.25) is 9.20 Å². The molecule has 2 aromatic carbocycles. The Morgan fingerprint density at radius 2 is 1.96 bits per heavy atom. The zero-order valence-corrected chi connectivity index (χ0v) is 17.7. The van der Waals surface area contributed by atoms with Crippen molar-refractivity contribution in [2.75, 3.05) is 18.2 Å². The Bertz CT molecular complexity index is 1170. The molecule has 1 amide bonds. The van der Waals surface area contributed by atoms with Crippen LogP contribution in [-0.4, -0.2) is 33.4 Å². The lowest BCUT2D eigenvalue weighted by Gasteiger charge is -2.09. The molecule has 1 N–H and O–H groups in total. The van der Waals surface area contributed by atoms with E-state index >= 15 is 0 Å². The van der Waals surface area contributed by atoms with Crippen molar-refractivity contribution >= 4 is 55.8 Å². The van der Waals surface area contributed by atoms with Crippen molar-refractivity contribution in [3.63, 3.8) is 0 Å². The Labute approximate surface area is 174 Å². The maximum Gasteiger partial charge on any atom is 0.234 e. The maximum absolute atomic E-state index is 12.3. The number of rotatable bonds is 5. The summed E-state index contributed by atoms with van der Waals surface area (Å²) in [4.78, 5) is 12.3. The number of halogens is 1. The first-order valence-electron chi connectivity index (χ1n) is 8.56. The fourth-order valence-corrected chi connectivity index (χ4v) is 4.00. The lowest BCUT2D eigenvalue weighted by Crippen LogP contribution is -2.14. The second kappa shape index (κ2) is 7.81. The first kappa shape index (κ1) is 18.8. The number of aryl methyl sites for hydroxylation is 1. The predicted molar refractivity (Wildman–Crippen MR) is 115 cm³/mol. The zero-order valence-electron chi connectivity index (χ0n) is 15.3. The highest BCUT2D eigenvalue weighted by atomic mass is 79.9. The molecule has 0 aliphatic heterocycles. The van der Waals surface area contributed by atoms with Gasteiger partial charge >= 0.3 is 0 Å². The summed E-state index contributed by atoms with van der Waals surface area (Å²) in [6, 6.07) is 15.4. The van der Waals surface area contributed by atoms with Crippen LogP contribution in [0.1, 0.15) is 5.56 Å². The van der Waals surface area contributed by atoms with Crippen LogP contribution in [0.3, 0.4) is 0 Å². The number of carbonyl (C=O) groups excluding carboxylic acids is 1. The van der Waals surface area contributed by atoms with E-state index in [-0.39, 0.29) is 11.7 Å². The smallest absolute Gasteiger partial charge is 0.234 e. The third-order valence-corrected chi connectivity index (χ3v) is 5.79. The molecule has 142 valence electrons. The molecule has 0 aliphatic carbocycles. The second-order valence-corrected chi connectivity index (χ2v) is 8.09. The Balaban J connectivity index is 1.61. The highest BCUT2D eigenvalue weighted by Crippen LogP contribution is 2.28. The first-order valence-corrected chi connectivity index (χ1v) is 10.3. The molecular formula is C20H17BrN4O2S. The molecule has 4 rings (SSSR count). The normalized spacial score (nSPS) is 11.1. The van der Waals surface area contributed by atoms with Gasteiger partial charge in [0.05, 0.1) is 18.4 Å². The van der Waals surface area contributed by atoms with Crippen molar-refractivity contribution in [2.45, 2.75) is 12.1 Å². The number of hydrogen-bond donors (Lipinski definition) is 1. The number of pyridine rings is 1. The van der Waals surface area contributed by atoms with Crippen molar-refractivity contribution in [1.29, 1.82) is 0 Å². The van der Waals surface area contributed by atoms with Gasteiger partial charge in [-0.25, -0.2) is 0 Å². The monoisotopic (exact) mass is 456 g/mol. The van der Waals surface area contributed by atoms with E-state index in [1.807, 2.05) is 59.9 Å². The van der Waals surface area contributed by atoms with E-state index in [1.165, 1.54) is 11.8 Å². The lowest BCUT2D eigenvalue weighted by molar-refractivity contribution is -0.113. The quantitative estimate of drug-likeness (QED) is 0.441. The molecule has 0 spiro atoms. The van der Waals surface area contributed by atoms with Gasteiger partial charge in [-0.15, -0.1) is 10.2 Å². The van der Waals surface area contributed by atoms with Crippen molar-refractivity contribution in [3.8, 4) is 5.75 Å². The average molecular weight is 457 g/mol. The van der Waals surface area contributed by atoms with Crippen LogP contribution in [0, 0.1) is 6.92 Å². The van der Waals surface area contributed by atoms with Gasteiger partial charge in [0, 0.05) is 21.6 Å². The molecule has 0 aliphatic rings. The number of ether oxygens (including phenoxy) is 1. The van der Waals surface area contributed by atoms with Crippen LogP contribution in [0.4, 0.5) is 5.69 Å². The van der Waals surface area contributed by atoms with Crippen LogP contribution in [0.25, 0.3) is 16.6 Å². The molecule has 0 bridgehead atoms. The maximum atomic E-state index is 12.3. The molecule has 0 saturated heterocycles. The number of benzene rings is 2. The van der Waals surface area contributed by atoms with Gasteiger partial charge in [-0.1, -0.05) is 27.7 Å². The molecular weight excluding hydrogens is 440 g/mol. The minimum Gasteiger partial charge on any atom is -0.497 e. The summed E-state index contributed by atoms with van der Waals surface area (Å²) in [6.45, 7) is 2.04. The number of amides is 1. The van der Waals surface area contributed by atoms with E-state index in [9.17, 15) is 4.79 Å². The zero-order chi connectivity index (χ0) is 19.7. The molecule has 0 fully saturated rings. The molecule has 2 aromatic heterocycles. The largest absolute Gasteiger partial charge is 0.497 e. The molecule has 28 heavy (non-hydrogen) atoms. The summed E-state index contributed by atoms with van der Waals surface area (Å²) in [5, 5.41) is 13.2. The summed E-state index contributed by atoms with van der Waals surface area (Å²) in [7, 11) is 1.64. The first-order chi connectivity index (χ1) is 13.5. The van der Waals surface area contributed by atoms with Gasteiger partial charge in [0.1, 0.15) is 5.75 Å². The highest BCUT2D eigenvalue weighted by Gasteiger charge is 2.14. The van der Waals surface area contributed by atoms with E-state index in [4.69, 9.17) is 4.74 Å². The molecule has 0 saturated carbocycles. The molecule has 4 aromatic rings.